The molecule has 0 aromatic heterocycles. The van der Waals surface area contributed by atoms with Gasteiger partial charge in [-0.3, -0.25) is 13.9 Å². The normalized spacial score (nSPS) is 14.3. The Morgan fingerprint density at radius 3 is 2.08 bits per heavy atom. The van der Waals surface area contributed by atoms with Crippen LogP contribution in [0.4, 0.5) is 5.69 Å². The molecule has 8 nitrogen and oxygen atoms in total. The van der Waals surface area contributed by atoms with E-state index in [1.165, 1.54) is 4.90 Å². The number of hydrogen-bond donors (Lipinski definition) is 1. The third-order valence-corrected chi connectivity index (χ3v) is 8.28. The molecule has 0 unspecified atom stereocenters. The molecule has 1 aliphatic carbocycles. The summed E-state index contributed by atoms with van der Waals surface area (Å²) in [6.45, 7) is 1.56. The maximum Gasteiger partial charge on any atom is 0.244 e. The van der Waals surface area contributed by atoms with Crippen LogP contribution in [0.3, 0.4) is 0 Å². The second kappa shape index (κ2) is 13.5. The van der Waals surface area contributed by atoms with Crippen LogP contribution in [0.5, 0.6) is 11.5 Å². The number of ether oxygens (including phenoxy) is 1. The number of carbonyl (C=O) groups is 2. The molecule has 0 heterocycles. The Bertz CT molecular complexity index is 1360. The van der Waals surface area contributed by atoms with Crippen molar-refractivity contribution in [2.45, 2.75) is 51.1 Å². The lowest BCUT2D eigenvalue weighted by atomic mass is 10.1. The van der Waals surface area contributed by atoms with Crippen molar-refractivity contribution in [1.29, 1.82) is 0 Å². The van der Waals surface area contributed by atoms with Crippen molar-refractivity contribution >= 4 is 27.5 Å². The molecule has 0 radical (unpaired) electrons. The Labute approximate surface area is 237 Å². The Hall–Kier alpha value is -3.85. The van der Waals surface area contributed by atoms with E-state index in [9.17, 15) is 18.0 Å². The van der Waals surface area contributed by atoms with Crippen LogP contribution in [0.25, 0.3) is 0 Å². The molecule has 212 valence electrons. The minimum Gasteiger partial charge on any atom is -0.457 e. The molecule has 0 saturated heterocycles. The third kappa shape index (κ3) is 8.08. The maximum absolute atomic E-state index is 13.7. The number of sulfonamides is 1. The molecule has 9 heteroatoms. The molecule has 3 aromatic rings. The predicted molar refractivity (Wildman–Crippen MR) is 157 cm³/mol. The lowest BCUT2D eigenvalue weighted by Gasteiger charge is -2.32. The first kappa shape index (κ1) is 29.1. The van der Waals surface area contributed by atoms with Crippen molar-refractivity contribution in [2.75, 3.05) is 23.7 Å². The Balaban J connectivity index is 1.51. The van der Waals surface area contributed by atoms with Crippen LogP contribution in [0.15, 0.2) is 84.9 Å². The topological polar surface area (TPSA) is 96.0 Å². The number of nitrogens with one attached hydrogen (secondary N) is 1. The summed E-state index contributed by atoms with van der Waals surface area (Å²) < 4.78 is 32.5. The van der Waals surface area contributed by atoms with Gasteiger partial charge in [-0.2, -0.15) is 0 Å². The summed E-state index contributed by atoms with van der Waals surface area (Å²) >= 11 is 0. The zero-order valence-electron chi connectivity index (χ0n) is 23.0. The van der Waals surface area contributed by atoms with Gasteiger partial charge in [0, 0.05) is 12.6 Å². The number of anilines is 1. The average Bonchev–Trinajstić information content (AvgIpc) is 3.46. The van der Waals surface area contributed by atoms with Crippen LogP contribution in [0, 0.1) is 0 Å². The molecular formula is C31H37N3O5S. The first-order valence-corrected chi connectivity index (χ1v) is 15.5. The van der Waals surface area contributed by atoms with Gasteiger partial charge in [0.25, 0.3) is 0 Å². The third-order valence-electron chi connectivity index (χ3n) is 7.14. The molecule has 0 aliphatic heterocycles. The smallest absolute Gasteiger partial charge is 0.244 e. The fraction of sp³-hybridized carbons (Fsp3) is 0.355. The van der Waals surface area contributed by atoms with Gasteiger partial charge >= 0.3 is 0 Å². The number of carbonyl (C=O) groups excluding carboxylic acids is 2. The van der Waals surface area contributed by atoms with Crippen molar-refractivity contribution in [3.63, 3.8) is 0 Å². The average molecular weight is 564 g/mol. The van der Waals surface area contributed by atoms with Gasteiger partial charge in [-0.05, 0) is 68.1 Å². The second-order valence-corrected chi connectivity index (χ2v) is 12.1. The Morgan fingerprint density at radius 2 is 1.48 bits per heavy atom. The fourth-order valence-corrected chi connectivity index (χ4v) is 5.73. The molecule has 1 atom stereocenters. The lowest BCUT2D eigenvalue weighted by Crippen LogP contribution is -2.53. The van der Waals surface area contributed by atoms with Crippen LogP contribution in [-0.4, -0.2) is 56.6 Å². The number of amides is 2. The summed E-state index contributed by atoms with van der Waals surface area (Å²) in [6.07, 6.45) is 5.63. The van der Waals surface area contributed by atoms with Gasteiger partial charge in [-0.1, -0.05) is 61.4 Å². The summed E-state index contributed by atoms with van der Waals surface area (Å²) in [4.78, 5) is 28.3. The molecule has 0 spiro atoms. The van der Waals surface area contributed by atoms with E-state index in [4.69, 9.17) is 4.74 Å². The Kier molecular flexibility index (Phi) is 9.82. The summed E-state index contributed by atoms with van der Waals surface area (Å²) in [7, 11) is -3.81. The molecule has 0 bridgehead atoms. The first-order valence-electron chi connectivity index (χ1n) is 13.6. The van der Waals surface area contributed by atoms with E-state index in [2.05, 4.69) is 5.32 Å². The highest BCUT2D eigenvalue weighted by molar-refractivity contribution is 7.92. The molecule has 1 fully saturated rings. The molecule has 1 saturated carbocycles. The summed E-state index contributed by atoms with van der Waals surface area (Å²) in [5, 5.41) is 3.07. The Morgan fingerprint density at radius 1 is 0.900 bits per heavy atom. The van der Waals surface area contributed by atoms with Crippen LogP contribution < -0.4 is 14.4 Å². The summed E-state index contributed by atoms with van der Waals surface area (Å²) in [6, 6.07) is 24.9. The second-order valence-electron chi connectivity index (χ2n) is 10.2. The monoisotopic (exact) mass is 563 g/mol. The van der Waals surface area contributed by atoms with Gasteiger partial charge < -0.3 is 15.0 Å². The van der Waals surface area contributed by atoms with Gasteiger partial charge in [0.15, 0.2) is 0 Å². The molecule has 40 heavy (non-hydrogen) atoms. The minimum atomic E-state index is -3.81. The number of nitrogens with zero attached hydrogens (tertiary/aromatic N) is 2. The fourth-order valence-electron chi connectivity index (χ4n) is 4.88. The highest BCUT2D eigenvalue weighted by Crippen LogP contribution is 2.26. The van der Waals surface area contributed by atoms with E-state index in [-0.39, 0.29) is 18.5 Å². The summed E-state index contributed by atoms with van der Waals surface area (Å²) in [5.41, 5.74) is 1.36. The summed E-state index contributed by atoms with van der Waals surface area (Å²) in [5.74, 6) is 0.530. The molecule has 1 N–H and O–H groups in total. The zero-order chi connectivity index (χ0) is 28.5. The van der Waals surface area contributed by atoms with E-state index in [0.717, 1.165) is 41.8 Å². The van der Waals surface area contributed by atoms with Crippen LogP contribution in [0.2, 0.25) is 0 Å². The van der Waals surface area contributed by atoms with Gasteiger partial charge in [-0.25, -0.2) is 8.42 Å². The predicted octanol–water partition coefficient (Wildman–Crippen LogP) is 4.76. The minimum absolute atomic E-state index is 0.116. The van der Waals surface area contributed by atoms with Crippen LogP contribution >= 0.6 is 0 Å². The van der Waals surface area contributed by atoms with Gasteiger partial charge in [-0.15, -0.1) is 0 Å². The van der Waals surface area contributed by atoms with Crippen molar-refractivity contribution in [1.82, 2.24) is 10.2 Å². The molecule has 2 amide bonds. The van der Waals surface area contributed by atoms with Gasteiger partial charge in [0.2, 0.25) is 21.8 Å². The van der Waals surface area contributed by atoms with Crippen molar-refractivity contribution < 1.29 is 22.7 Å². The van der Waals surface area contributed by atoms with Gasteiger partial charge in [0.1, 0.15) is 24.1 Å². The molecule has 1 aliphatic rings. The quantitative estimate of drug-likeness (QED) is 0.343. The highest BCUT2D eigenvalue weighted by Gasteiger charge is 2.31. The first-order chi connectivity index (χ1) is 19.2. The van der Waals surface area contributed by atoms with Crippen LogP contribution in [0.1, 0.15) is 38.2 Å². The van der Waals surface area contributed by atoms with E-state index >= 15 is 0 Å². The zero-order valence-corrected chi connectivity index (χ0v) is 23.8. The van der Waals surface area contributed by atoms with Gasteiger partial charge in [0.05, 0.1) is 11.9 Å². The molecule has 4 rings (SSSR count). The maximum atomic E-state index is 13.7. The van der Waals surface area contributed by atoms with E-state index in [1.54, 1.807) is 31.2 Å². The standard InChI is InChI=1S/C31H37N3O5S/c1-24(31(36)32-26-13-9-10-14-26)33(22-21-25-11-5-3-6-12-25)30(35)23-34(40(2,37)38)27-17-19-29(20-18-27)39-28-15-7-4-8-16-28/h3-8,11-12,15-20,24,26H,9-10,13-14,21-23H2,1-2H3,(H,32,36)/t24-/m0/s1. The SMILES string of the molecule is C[C@@H](C(=O)NC1CCCC1)N(CCc1ccccc1)C(=O)CN(c1ccc(Oc2ccccc2)cc1)S(C)(=O)=O. The number of para-hydroxylation sites is 1. The highest BCUT2D eigenvalue weighted by atomic mass is 32.2. The number of benzene rings is 3. The van der Waals surface area contributed by atoms with E-state index in [0.29, 0.717) is 23.6 Å². The van der Waals surface area contributed by atoms with Crippen molar-refractivity contribution in [3.8, 4) is 11.5 Å². The van der Waals surface area contributed by atoms with Crippen molar-refractivity contribution in [3.05, 3.63) is 90.5 Å². The number of rotatable bonds is 12. The van der Waals surface area contributed by atoms with E-state index < -0.39 is 28.5 Å². The van der Waals surface area contributed by atoms with Crippen LogP contribution in [-0.2, 0) is 26.0 Å². The van der Waals surface area contributed by atoms with E-state index in [1.807, 2.05) is 60.7 Å². The van der Waals surface area contributed by atoms with Crippen molar-refractivity contribution in [2.24, 2.45) is 0 Å². The molecular weight excluding hydrogens is 526 g/mol. The largest absolute Gasteiger partial charge is 0.457 e. The molecule has 3 aromatic carbocycles. The lowest BCUT2D eigenvalue weighted by molar-refractivity contribution is -0.139. The number of hydrogen-bond acceptors (Lipinski definition) is 5.